The van der Waals surface area contributed by atoms with E-state index in [1.807, 2.05) is 100 Å². The average Bonchev–Trinajstić information content (AvgIpc) is 1.77. The van der Waals surface area contributed by atoms with Gasteiger partial charge < -0.3 is 73.9 Å². The van der Waals surface area contributed by atoms with E-state index in [0.717, 1.165) is 121 Å². The van der Waals surface area contributed by atoms with Gasteiger partial charge in [-0.2, -0.15) is 29.9 Å². The van der Waals surface area contributed by atoms with Gasteiger partial charge in [0.2, 0.25) is 16.5 Å². The van der Waals surface area contributed by atoms with E-state index in [0.29, 0.717) is 102 Å². The summed E-state index contributed by atoms with van der Waals surface area (Å²) in [6.07, 6.45) is 4.74. The van der Waals surface area contributed by atoms with E-state index in [1.165, 1.54) is 12.8 Å². The third-order valence-electron chi connectivity index (χ3n) is 20.9. The molecule has 2 aliphatic carbocycles. The lowest BCUT2D eigenvalue weighted by Gasteiger charge is -2.36. The molecule has 8 fully saturated rings. The number of halogens is 3. The number of aromatic nitrogens is 9. The predicted octanol–water partition coefficient (Wildman–Crippen LogP) is 9.62. The highest BCUT2D eigenvalue weighted by Gasteiger charge is 2.52. The van der Waals surface area contributed by atoms with Gasteiger partial charge in [0, 0.05) is 94.8 Å². The second-order valence-electron chi connectivity index (χ2n) is 29.2. The van der Waals surface area contributed by atoms with Crippen LogP contribution >= 0.6 is 34.8 Å². The van der Waals surface area contributed by atoms with Crippen LogP contribution in [0.3, 0.4) is 0 Å². The Balaban J connectivity index is 0.000000127. The number of carbonyl (C=O) groups is 3. The number of amides is 3. The molecule has 0 radical (unpaired) electrons. The summed E-state index contributed by atoms with van der Waals surface area (Å²) in [5.41, 5.74) is 7.07. The molecule has 2 saturated carbocycles. The van der Waals surface area contributed by atoms with Gasteiger partial charge in [0.25, 0.3) is 17.7 Å². The number of anilines is 4. The number of rotatable bonds is 10. The average molecular weight is 1550 g/mol. The number of hydrogen-bond donors (Lipinski definition) is 4. The molecule has 6 aliphatic heterocycles. The Morgan fingerprint density at radius 2 is 0.927 bits per heavy atom. The zero-order valence-corrected chi connectivity index (χ0v) is 65.4. The number of carbonyl (C=O) groups excluding carboxylic acids is 3. The first kappa shape index (κ1) is 78.5. The smallest absolute Gasteiger partial charge is 0.399 e. The minimum atomic E-state index is -0.436. The van der Waals surface area contributed by atoms with Crippen molar-refractivity contribution in [2.24, 2.45) is 0 Å². The summed E-state index contributed by atoms with van der Waals surface area (Å²) in [6.45, 7) is 25.9. The van der Waals surface area contributed by atoms with E-state index in [1.54, 1.807) is 57.5 Å². The minimum absolute atomic E-state index is 0.0292. The normalized spacial score (nSPS) is 20.7. The van der Waals surface area contributed by atoms with E-state index < -0.39 is 7.12 Å². The Bertz CT molecular complexity index is 4760. The van der Waals surface area contributed by atoms with Gasteiger partial charge in [0.1, 0.15) is 22.6 Å². The van der Waals surface area contributed by atoms with Gasteiger partial charge >= 0.3 is 7.12 Å². The van der Waals surface area contributed by atoms with E-state index in [9.17, 15) is 14.4 Å². The lowest BCUT2D eigenvalue weighted by Crippen LogP contribution is -2.46. The van der Waals surface area contributed by atoms with Gasteiger partial charge in [-0.3, -0.25) is 14.4 Å². The zero-order valence-electron chi connectivity index (χ0n) is 63.2. The van der Waals surface area contributed by atoms with Crippen LogP contribution in [0.4, 0.5) is 23.4 Å². The molecular formula is C78H93BCl3N17O10. The maximum atomic E-state index is 12.2. The minimum Gasteiger partial charge on any atom is -0.399 e. The van der Waals surface area contributed by atoms with Crippen molar-refractivity contribution >= 4 is 122 Å². The maximum absolute atomic E-state index is 12.2. The first-order chi connectivity index (χ1) is 52.4. The SMILES string of the molecule is C1COC2(CC2)CN1.CNC(=O)c1cccc(-c2ccc3c(N4CCOC[C@@H]4C)nc(Cl)nc3n2)c1.CNC(=O)c1cccc(-c2ccc3c(N4CCOC[C@@H]4C)nc(N4CCOC5(CC5)C4)nc3n2)c1.CNC(=O)c1cccc(B2OC(C)(C)C(C)(C)O2)c1.C[C@H]1COCCN1c1nc(Cl)nc2nc(Cl)ccc12. The van der Waals surface area contributed by atoms with Crippen LogP contribution < -0.4 is 46.3 Å². The van der Waals surface area contributed by atoms with Crippen LogP contribution in [0.25, 0.3) is 55.6 Å². The Hall–Kier alpha value is -8.65. The molecule has 12 heterocycles. The molecule has 109 heavy (non-hydrogen) atoms. The Morgan fingerprint density at radius 3 is 1.38 bits per heavy atom. The van der Waals surface area contributed by atoms with Crippen LogP contribution in [-0.4, -0.2) is 230 Å². The van der Waals surface area contributed by atoms with Crippen LogP contribution in [0, 0.1) is 0 Å². The molecule has 27 nitrogen and oxygen atoms in total. The molecule has 6 aromatic heterocycles. The number of pyridine rings is 3. The number of nitrogens with zero attached hydrogens (tertiary/aromatic N) is 13. The van der Waals surface area contributed by atoms with E-state index in [2.05, 4.69) is 91.5 Å². The Kier molecular flexibility index (Phi) is 24.4. The number of hydrogen-bond acceptors (Lipinski definition) is 24. The van der Waals surface area contributed by atoms with Crippen LogP contribution in [0.1, 0.15) is 105 Å². The van der Waals surface area contributed by atoms with Gasteiger partial charge in [-0.25, -0.2) is 15.0 Å². The van der Waals surface area contributed by atoms with Gasteiger partial charge in [-0.15, -0.1) is 0 Å². The molecular weight excluding hydrogens is 1450 g/mol. The number of benzene rings is 3. The van der Waals surface area contributed by atoms with Crippen LogP contribution in [0.2, 0.25) is 15.7 Å². The molecule has 4 N–H and O–H groups in total. The fraction of sp³-hybridized carbons (Fsp3) is 0.462. The molecule has 0 bridgehead atoms. The molecule has 31 heteroatoms. The van der Waals surface area contributed by atoms with Crippen molar-refractivity contribution in [1.82, 2.24) is 66.1 Å². The van der Waals surface area contributed by atoms with Gasteiger partial charge in [-0.1, -0.05) is 48.0 Å². The molecule has 6 saturated heterocycles. The second-order valence-corrected chi connectivity index (χ2v) is 30.3. The number of ether oxygens (including phenoxy) is 5. The fourth-order valence-electron chi connectivity index (χ4n) is 13.6. The highest BCUT2D eigenvalue weighted by atomic mass is 35.5. The highest BCUT2D eigenvalue weighted by molar-refractivity contribution is 6.62. The Morgan fingerprint density at radius 1 is 0.486 bits per heavy atom. The van der Waals surface area contributed by atoms with E-state index in [-0.39, 0.29) is 63.2 Å². The van der Waals surface area contributed by atoms with Gasteiger partial charge in [-0.05, 0) is 176 Å². The summed E-state index contributed by atoms with van der Waals surface area (Å²) >= 11 is 18.1. The predicted molar refractivity (Wildman–Crippen MR) is 424 cm³/mol. The maximum Gasteiger partial charge on any atom is 0.494 e. The molecule has 0 unspecified atom stereocenters. The molecule has 3 aromatic carbocycles. The summed E-state index contributed by atoms with van der Waals surface area (Å²) in [5.74, 6) is 2.77. The summed E-state index contributed by atoms with van der Waals surface area (Å²) in [7, 11) is 4.42. The summed E-state index contributed by atoms with van der Waals surface area (Å²) in [6, 6.07) is 34.3. The van der Waals surface area contributed by atoms with Gasteiger partial charge in [0.05, 0.1) is 121 Å². The highest BCUT2D eigenvalue weighted by Crippen LogP contribution is 2.44. The standard InChI is InChI=1S/C26H30N6O3.C20H20ClN5O2.C14H20BNO3.C12H12Cl2N4O.C6H11NO/c1-17-15-34-12-11-32(17)23-20-6-7-21(18-4-3-5-19(14-18)24(33)27-2)28-22(20)29-25(30-23)31-10-13-35-26(16-31)8-9-26;1-12-11-28-9-8-26(12)18-15-6-7-16(23-17(15)24-20(21)25-18)13-4-3-5-14(10-13)19(27)22-2;1-13(2)14(3,4)19-15(18-13)11-8-6-7-10(9-11)12(17)16-5;1-7-6-19-5-4-18(7)11-8-2-3-9(13)15-10(8)16-12(14)17-11;1-2-6(1)5-7-3-4-8-6/h3-7,14,17H,8-13,15-16H2,1-2H3,(H,27,33);3-7,10,12H,8-9,11H2,1-2H3,(H,22,27);6-9H,1-5H3,(H,16,17);2-3,7H,4-6H2,1H3;7H,1-5H2/t17-;12-;;7-;/m00.0./s1. The van der Waals surface area contributed by atoms with E-state index in [4.69, 9.17) is 82.7 Å². The first-order valence-corrected chi connectivity index (χ1v) is 38.2. The van der Waals surface area contributed by atoms with Crippen molar-refractivity contribution in [3.63, 3.8) is 0 Å². The molecule has 2 spiro atoms. The van der Waals surface area contributed by atoms with Crippen molar-refractivity contribution in [2.45, 2.75) is 115 Å². The van der Waals surface area contributed by atoms with Crippen LogP contribution in [0.5, 0.6) is 0 Å². The number of fused-ring (bicyclic) bond motifs is 3. The largest absolute Gasteiger partial charge is 0.494 e. The third kappa shape index (κ3) is 18.4. The summed E-state index contributed by atoms with van der Waals surface area (Å²) < 4.78 is 40.1. The molecule has 3 amide bonds. The summed E-state index contributed by atoms with van der Waals surface area (Å²) in [5, 5.41) is 14.6. The van der Waals surface area contributed by atoms with Crippen molar-refractivity contribution in [3.8, 4) is 22.5 Å². The lowest BCUT2D eigenvalue weighted by atomic mass is 9.78. The first-order valence-electron chi connectivity index (χ1n) is 37.1. The Labute approximate surface area is 649 Å². The van der Waals surface area contributed by atoms with Crippen molar-refractivity contribution in [2.75, 3.05) is 139 Å². The third-order valence-corrected chi connectivity index (χ3v) is 21.5. The second kappa shape index (κ2) is 33.9. The van der Waals surface area contributed by atoms with E-state index >= 15 is 0 Å². The summed E-state index contributed by atoms with van der Waals surface area (Å²) in [4.78, 5) is 85.7. The van der Waals surface area contributed by atoms with Crippen LogP contribution in [-0.2, 0) is 33.0 Å². The quantitative estimate of drug-likeness (QED) is 0.0562. The van der Waals surface area contributed by atoms with Crippen molar-refractivity contribution < 1.29 is 47.4 Å². The monoisotopic (exact) mass is 1540 g/mol. The van der Waals surface area contributed by atoms with Gasteiger partial charge in [0.15, 0.2) is 16.9 Å². The lowest BCUT2D eigenvalue weighted by molar-refractivity contribution is 0.00578. The zero-order chi connectivity index (χ0) is 76.8. The fourth-order valence-corrected chi connectivity index (χ4v) is 14.1. The molecule has 3 atom stereocenters. The number of morpholine rings is 5. The topological polar surface area (TPSA) is 293 Å². The molecule has 17 rings (SSSR count). The van der Waals surface area contributed by atoms with Crippen molar-refractivity contribution in [1.29, 1.82) is 0 Å². The molecule has 574 valence electrons. The van der Waals surface area contributed by atoms with Crippen LogP contribution in [0.15, 0.2) is 109 Å². The molecule has 8 aliphatic rings. The molecule has 9 aromatic rings. The van der Waals surface area contributed by atoms with Crippen molar-refractivity contribution in [3.05, 3.63) is 142 Å². The number of nitrogens with one attached hydrogen (secondary N) is 4.